The Morgan fingerprint density at radius 2 is 2.14 bits per heavy atom. The van der Waals surface area contributed by atoms with Gasteiger partial charge in [0.25, 0.3) is 15.2 Å². The van der Waals surface area contributed by atoms with Gasteiger partial charge in [0.15, 0.2) is 11.3 Å². The van der Waals surface area contributed by atoms with Crippen molar-refractivity contribution in [3.8, 4) is 11.4 Å². The zero-order valence-electron chi connectivity index (χ0n) is 11.5. The van der Waals surface area contributed by atoms with Crippen molar-refractivity contribution in [1.29, 1.82) is 0 Å². The zero-order valence-corrected chi connectivity index (χ0v) is 12.3. The Morgan fingerprint density at radius 3 is 2.71 bits per heavy atom. The molecule has 0 aliphatic carbocycles. The minimum absolute atomic E-state index is 0.123. The number of aryl methyl sites for hydroxylation is 1. The van der Waals surface area contributed by atoms with Crippen LogP contribution in [0.1, 0.15) is 5.69 Å². The number of hydrogen-bond donors (Lipinski definition) is 2. The molecule has 2 aromatic rings. The van der Waals surface area contributed by atoms with E-state index in [2.05, 4.69) is 15.2 Å². The smallest absolute Gasteiger partial charge is 0.273 e. The molecule has 21 heavy (non-hydrogen) atoms. The van der Waals surface area contributed by atoms with Crippen molar-refractivity contribution in [1.82, 2.24) is 19.7 Å². The molecule has 3 N–H and O–H groups in total. The molecule has 2 heterocycles. The van der Waals surface area contributed by atoms with Gasteiger partial charge in [0.1, 0.15) is 0 Å². The van der Waals surface area contributed by atoms with Crippen LogP contribution in [-0.2, 0) is 21.3 Å². The Kier molecular flexibility index (Phi) is 4.21. The van der Waals surface area contributed by atoms with E-state index in [4.69, 9.17) is 9.88 Å². The highest BCUT2D eigenvalue weighted by Crippen LogP contribution is 2.16. The molecule has 0 saturated carbocycles. The summed E-state index contributed by atoms with van der Waals surface area (Å²) >= 11 is 0. The summed E-state index contributed by atoms with van der Waals surface area (Å²) in [5.74, 6) is 0.123. The third kappa shape index (κ3) is 3.17. The summed E-state index contributed by atoms with van der Waals surface area (Å²) in [6, 6.07) is 1.39. The minimum atomic E-state index is -4.05. The maximum Gasteiger partial charge on any atom is 0.273 e. The van der Waals surface area contributed by atoms with Crippen molar-refractivity contribution in [2.45, 2.75) is 18.6 Å². The second-order valence-corrected chi connectivity index (χ2v) is 5.84. The van der Waals surface area contributed by atoms with Gasteiger partial charge in [-0.1, -0.05) is 0 Å². The molecule has 0 aliphatic heterocycles. The summed E-state index contributed by atoms with van der Waals surface area (Å²) in [5.41, 5.74) is 0.593. The summed E-state index contributed by atoms with van der Waals surface area (Å²) in [5, 5.41) is 12.0. The molecule has 0 fully saturated rings. The first-order chi connectivity index (χ1) is 9.84. The normalized spacial score (nSPS) is 11.8. The van der Waals surface area contributed by atoms with E-state index in [1.807, 2.05) is 0 Å². The number of primary sulfonamides is 1. The van der Waals surface area contributed by atoms with Crippen LogP contribution in [0.5, 0.6) is 0 Å². The molecule has 114 valence electrons. The van der Waals surface area contributed by atoms with Gasteiger partial charge in [-0.3, -0.25) is 9.36 Å². The molecule has 0 atom stereocenters. The monoisotopic (exact) mass is 313 g/mol. The molecule has 0 aromatic carbocycles. The van der Waals surface area contributed by atoms with Gasteiger partial charge in [0, 0.05) is 25.1 Å². The van der Waals surface area contributed by atoms with Crippen LogP contribution in [0.15, 0.2) is 22.2 Å². The minimum Gasteiger partial charge on any atom is -0.383 e. The van der Waals surface area contributed by atoms with E-state index < -0.39 is 15.2 Å². The predicted molar refractivity (Wildman–Crippen MR) is 74.1 cm³/mol. The topological polar surface area (TPSA) is 133 Å². The Morgan fingerprint density at radius 1 is 1.43 bits per heavy atom. The molecular formula is C11H15N5O4S. The third-order valence-corrected chi connectivity index (χ3v) is 3.60. The van der Waals surface area contributed by atoms with Gasteiger partial charge in [0.2, 0.25) is 0 Å². The van der Waals surface area contributed by atoms with Gasteiger partial charge in [-0.25, -0.2) is 13.6 Å². The maximum absolute atomic E-state index is 12.0. The van der Waals surface area contributed by atoms with Crippen LogP contribution in [-0.4, -0.2) is 41.9 Å². The highest BCUT2D eigenvalue weighted by Gasteiger charge is 2.23. The van der Waals surface area contributed by atoms with Gasteiger partial charge in [-0.05, 0) is 6.92 Å². The van der Waals surface area contributed by atoms with E-state index in [1.54, 1.807) is 6.92 Å². The lowest BCUT2D eigenvalue weighted by atomic mass is 10.2. The average molecular weight is 313 g/mol. The number of pyridine rings is 1. The summed E-state index contributed by atoms with van der Waals surface area (Å²) in [7, 11) is -2.58. The number of methoxy groups -OCH3 is 1. The molecular weight excluding hydrogens is 298 g/mol. The highest BCUT2D eigenvalue weighted by atomic mass is 32.2. The first kappa shape index (κ1) is 15.4. The van der Waals surface area contributed by atoms with Crippen LogP contribution in [0.25, 0.3) is 11.4 Å². The Balaban J connectivity index is 2.63. The Bertz CT molecular complexity index is 808. The standard InChI is InChI=1S/C11H15N5O4S/c1-7-5-9(17)8(6-13-7)10-14-15-11(21(12,18)19)16(10)3-4-20-2/h5-6H,3-4H2,1-2H3,(H,13,17)(H2,12,18,19). The molecule has 0 spiro atoms. The fraction of sp³-hybridized carbons (Fsp3) is 0.364. The first-order valence-corrected chi connectivity index (χ1v) is 7.54. The Labute approximate surface area is 120 Å². The van der Waals surface area contributed by atoms with Crippen LogP contribution in [0.3, 0.4) is 0 Å². The molecule has 0 bridgehead atoms. The van der Waals surface area contributed by atoms with E-state index in [9.17, 15) is 13.2 Å². The molecule has 2 aromatic heterocycles. The van der Waals surface area contributed by atoms with Crippen LogP contribution in [0.2, 0.25) is 0 Å². The molecule has 0 saturated heterocycles. The third-order valence-electron chi connectivity index (χ3n) is 2.79. The van der Waals surface area contributed by atoms with Gasteiger partial charge in [-0.2, -0.15) is 0 Å². The summed E-state index contributed by atoms with van der Waals surface area (Å²) in [4.78, 5) is 14.9. The number of hydrogen-bond acceptors (Lipinski definition) is 6. The second-order valence-electron chi connectivity index (χ2n) is 4.39. The van der Waals surface area contributed by atoms with Crippen molar-refractivity contribution in [2.24, 2.45) is 5.14 Å². The number of nitrogens with zero attached hydrogens (tertiary/aromatic N) is 3. The van der Waals surface area contributed by atoms with Crippen molar-refractivity contribution in [3.05, 3.63) is 28.2 Å². The van der Waals surface area contributed by atoms with E-state index in [-0.39, 0.29) is 30.0 Å². The SMILES string of the molecule is COCCn1c(-c2c[nH]c(C)cc2=O)nnc1S(N)(=O)=O. The number of nitrogens with one attached hydrogen (secondary N) is 1. The number of rotatable bonds is 5. The quantitative estimate of drug-likeness (QED) is 0.745. The number of sulfonamides is 1. The summed E-state index contributed by atoms with van der Waals surface area (Å²) < 4.78 is 29.2. The highest BCUT2D eigenvalue weighted by molar-refractivity contribution is 7.89. The molecule has 0 radical (unpaired) electrons. The van der Waals surface area contributed by atoms with Crippen molar-refractivity contribution in [3.63, 3.8) is 0 Å². The first-order valence-electron chi connectivity index (χ1n) is 5.99. The fourth-order valence-corrected chi connectivity index (χ4v) is 2.47. The van der Waals surface area contributed by atoms with Crippen molar-refractivity contribution in [2.75, 3.05) is 13.7 Å². The largest absolute Gasteiger partial charge is 0.383 e. The van der Waals surface area contributed by atoms with Gasteiger partial charge in [0.05, 0.1) is 18.7 Å². The summed E-state index contributed by atoms with van der Waals surface area (Å²) in [6.07, 6.45) is 1.46. The lowest BCUT2D eigenvalue weighted by Gasteiger charge is -2.08. The number of ether oxygens (including phenoxy) is 1. The lowest BCUT2D eigenvalue weighted by molar-refractivity contribution is 0.185. The number of nitrogens with two attached hydrogens (primary N) is 1. The predicted octanol–water partition coefficient (Wildman–Crippen LogP) is -0.764. The molecule has 0 aliphatic rings. The number of H-pyrrole nitrogens is 1. The maximum atomic E-state index is 12.0. The number of aromatic amines is 1. The lowest BCUT2D eigenvalue weighted by Crippen LogP contribution is -2.21. The van der Waals surface area contributed by atoms with E-state index >= 15 is 0 Å². The van der Waals surface area contributed by atoms with Crippen LogP contribution >= 0.6 is 0 Å². The van der Waals surface area contributed by atoms with Crippen molar-refractivity contribution >= 4 is 10.0 Å². The van der Waals surface area contributed by atoms with Gasteiger partial charge in [-0.15, -0.1) is 10.2 Å². The van der Waals surface area contributed by atoms with E-state index in [0.717, 1.165) is 0 Å². The summed E-state index contributed by atoms with van der Waals surface area (Å²) in [6.45, 7) is 2.10. The zero-order chi connectivity index (χ0) is 15.6. The van der Waals surface area contributed by atoms with E-state index in [0.29, 0.717) is 5.69 Å². The molecule has 2 rings (SSSR count). The molecule has 0 amide bonds. The van der Waals surface area contributed by atoms with Gasteiger partial charge < -0.3 is 9.72 Å². The molecule has 9 nitrogen and oxygen atoms in total. The second kappa shape index (κ2) is 5.76. The van der Waals surface area contributed by atoms with E-state index in [1.165, 1.54) is 23.9 Å². The van der Waals surface area contributed by atoms with Crippen molar-refractivity contribution < 1.29 is 13.2 Å². The Hall–Kier alpha value is -2.04. The number of aromatic nitrogens is 4. The van der Waals surface area contributed by atoms with Crippen LogP contribution < -0.4 is 10.6 Å². The molecule has 0 unspecified atom stereocenters. The molecule has 10 heteroatoms. The van der Waals surface area contributed by atoms with Gasteiger partial charge >= 0.3 is 0 Å². The fourth-order valence-electron chi connectivity index (χ4n) is 1.83. The van der Waals surface area contributed by atoms with Crippen LogP contribution in [0, 0.1) is 6.92 Å². The van der Waals surface area contributed by atoms with Crippen LogP contribution in [0.4, 0.5) is 0 Å². The average Bonchev–Trinajstić information content (AvgIpc) is 2.79.